The Hall–Kier alpha value is -4.33. The van der Waals surface area contributed by atoms with Crippen molar-refractivity contribution in [2.75, 3.05) is 54.9 Å². The van der Waals surface area contributed by atoms with Crippen LogP contribution >= 0.6 is 0 Å². The Bertz CT molecular complexity index is 1210. The van der Waals surface area contributed by atoms with Crippen LogP contribution in [0.5, 0.6) is 5.75 Å². The van der Waals surface area contributed by atoms with Crippen molar-refractivity contribution in [1.29, 1.82) is 5.26 Å². The van der Waals surface area contributed by atoms with Gasteiger partial charge in [-0.2, -0.15) is 10.4 Å². The lowest BCUT2D eigenvalue weighted by Crippen LogP contribution is -2.48. The van der Waals surface area contributed by atoms with Crippen LogP contribution in [-0.4, -0.2) is 70.3 Å². The van der Waals surface area contributed by atoms with E-state index in [2.05, 4.69) is 41.8 Å². The van der Waals surface area contributed by atoms with E-state index in [1.807, 2.05) is 43.0 Å². The number of carbonyl (C=O) groups excluding carboxylic acids is 1. The Balaban J connectivity index is 1.30. The maximum absolute atomic E-state index is 11.5. The van der Waals surface area contributed by atoms with Gasteiger partial charge in [0.05, 0.1) is 18.3 Å². The summed E-state index contributed by atoms with van der Waals surface area (Å²) in [7, 11) is 0. The van der Waals surface area contributed by atoms with E-state index in [1.54, 1.807) is 13.1 Å². The Morgan fingerprint density at radius 1 is 1.20 bits per heavy atom. The van der Waals surface area contributed by atoms with Gasteiger partial charge in [0.15, 0.2) is 5.82 Å². The molecule has 3 aromatic heterocycles. The van der Waals surface area contributed by atoms with Gasteiger partial charge in [0.2, 0.25) is 5.91 Å². The Morgan fingerprint density at radius 2 is 2.00 bits per heavy atom. The number of hydrogen-bond donors (Lipinski definition) is 3. The summed E-state index contributed by atoms with van der Waals surface area (Å²) in [6, 6.07) is 9.72. The Labute approximate surface area is 204 Å². The predicted molar refractivity (Wildman–Crippen MR) is 133 cm³/mol. The average Bonchev–Trinajstić information content (AvgIpc) is 3.26. The second kappa shape index (κ2) is 10.7. The van der Waals surface area contributed by atoms with E-state index < -0.39 is 0 Å². The van der Waals surface area contributed by atoms with Gasteiger partial charge in [-0.25, -0.2) is 9.97 Å². The molecule has 0 aromatic carbocycles. The largest absolute Gasteiger partial charge is 0.490 e. The molecular formula is C24H29N9O2. The number of pyridine rings is 2. The number of carbonyl (C=O) groups is 1. The lowest BCUT2D eigenvalue weighted by molar-refractivity contribution is -0.129. The molecule has 0 unspecified atom stereocenters. The van der Waals surface area contributed by atoms with Gasteiger partial charge < -0.3 is 25.2 Å². The molecule has 3 aromatic rings. The minimum Gasteiger partial charge on any atom is -0.490 e. The van der Waals surface area contributed by atoms with Crippen LogP contribution in [0.1, 0.15) is 23.7 Å². The molecule has 1 saturated heterocycles. The number of aromatic nitrogens is 4. The standard InChI is InChI=1S/C24H29N9O2/c1-16-12-21(28-22-13-17(2)30-31-22)29-24(20(16)14-25)26-6-11-35-19-4-5-23(27-15-19)33-9-7-32(8-10-33)18(3)34/h4-5,12-13,15H,6-11H2,1-3H3,(H3,26,28,29,30,31). The summed E-state index contributed by atoms with van der Waals surface area (Å²) >= 11 is 0. The first kappa shape index (κ1) is 23.8. The number of nitrogens with one attached hydrogen (secondary N) is 3. The zero-order valence-electron chi connectivity index (χ0n) is 20.1. The van der Waals surface area contributed by atoms with Crippen molar-refractivity contribution in [3.63, 3.8) is 0 Å². The maximum Gasteiger partial charge on any atom is 0.219 e. The molecule has 1 aliphatic heterocycles. The molecule has 0 aliphatic carbocycles. The third-order valence-corrected chi connectivity index (χ3v) is 5.72. The lowest BCUT2D eigenvalue weighted by atomic mass is 10.1. The van der Waals surface area contributed by atoms with E-state index in [1.165, 1.54) is 0 Å². The van der Waals surface area contributed by atoms with Gasteiger partial charge >= 0.3 is 0 Å². The molecule has 1 amide bonds. The zero-order valence-corrected chi connectivity index (χ0v) is 20.1. The van der Waals surface area contributed by atoms with Crippen LogP contribution < -0.4 is 20.3 Å². The van der Waals surface area contributed by atoms with Crippen molar-refractivity contribution in [3.8, 4) is 11.8 Å². The number of nitriles is 1. The number of aromatic amines is 1. The normalized spacial score (nSPS) is 13.3. The number of aryl methyl sites for hydroxylation is 2. The van der Waals surface area contributed by atoms with E-state index >= 15 is 0 Å². The van der Waals surface area contributed by atoms with Gasteiger partial charge in [-0.05, 0) is 37.6 Å². The number of anilines is 4. The van der Waals surface area contributed by atoms with E-state index in [0.29, 0.717) is 55.0 Å². The summed E-state index contributed by atoms with van der Waals surface area (Å²) in [5.41, 5.74) is 2.24. The molecule has 1 fully saturated rings. The number of amides is 1. The van der Waals surface area contributed by atoms with Crippen LogP contribution in [0, 0.1) is 25.2 Å². The number of ether oxygens (including phenoxy) is 1. The van der Waals surface area contributed by atoms with Crippen LogP contribution in [0.15, 0.2) is 30.5 Å². The van der Waals surface area contributed by atoms with Crippen LogP contribution in [0.4, 0.5) is 23.3 Å². The quantitative estimate of drug-likeness (QED) is 0.420. The van der Waals surface area contributed by atoms with Crippen LogP contribution in [0.2, 0.25) is 0 Å². The highest BCUT2D eigenvalue weighted by Crippen LogP contribution is 2.23. The summed E-state index contributed by atoms with van der Waals surface area (Å²) in [5.74, 6) is 3.38. The van der Waals surface area contributed by atoms with Crippen LogP contribution in [0.25, 0.3) is 0 Å². The summed E-state index contributed by atoms with van der Waals surface area (Å²) < 4.78 is 5.81. The summed E-state index contributed by atoms with van der Waals surface area (Å²) in [6.45, 7) is 9.16. The second-order valence-corrected chi connectivity index (χ2v) is 8.34. The highest BCUT2D eigenvalue weighted by Gasteiger charge is 2.19. The van der Waals surface area contributed by atoms with Gasteiger partial charge in [-0.3, -0.25) is 9.89 Å². The molecule has 35 heavy (non-hydrogen) atoms. The van der Waals surface area contributed by atoms with Gasteiger partial charge in [0.25, 0.3) is 0 Å². The lowest BCUT2D eigenvalue weighted by Gasteiger charge is -2.34. The fourth-order valence-electron chi connectivity index (χ4n) is 3.85. The zero-order chi connectivity index (χ0) is 24.8. The Morgan fingerprint density at radius 3 is 2.63 bits per heavy atom. The highest BCUT2D eigenvalue weighted by atomic mass is 16.5. The molecule has 0 atom stereocenters. The van der Waals surface area contributed by atoms with Crippen molar-refractivity contribution < 1.29 is 9.53 Å². The van der Waals surface area contributed by atoms with E-state index in [0.717, 1.165) is 30.2 Å². The van der Waals surface area contributed by atoms with Gasteiger partial charge in [0, 0.05) is 44.9 Å². The summed E-state index contributed by atoms with van der Waals surface area (Å²) in [6.07, 6.45) is 1.70. The molecule has 3 N–H and O–H groups in total. The molecule has 1 aliphatic rings. The minimum atomic E-state index is 0.109. The summed E-state index contributed by atoms with van der Waals surface area (Å²) in [4.78, 5) is 24.5. The van der Waals surface area contributed by atoms with Crippen LogP contribution in [-0.2, 0) is 4.79 Å². The van der Waals surface area contributed by atoms with Gasteiger partial charge in [-0.15, -0.1) is 0 Å². The van der Waals surface area contributed by atoms with Gasteiger partial charge in [-0.1, -0.05) is 0 Å². The molecule has 182 valence electrons. The van der Waals surface area contributed by atoms with E-state index in [4.69, 9.17) is 4.74 Å². The van der Waals surface area contributed by atoms with Crippen molar-refractivity contribution in [1.82, 2.24) is 25.1 Å². The van der Waals surface area contributed by atoms with Crippen molar-refractivity contribution in [2.24, 2.45) is 0 Å². The fraction of sp³-hybridized carbons (Fsp3) is 0.375. The second-order valence-electron chi connectivity index (χ2n) is 8.34. The van der Waals surface area contributed by atoms with Gasteiger partial charge in [0.1, 0.15) is 35.9 Å². The smallest absolute Gasteiger partial charge is 0.219 e. The number of nitrogens with zero attached hydrogens (tertiary/aromatic N) is 6. The molecule has 4 rings (SSSR count). The molecule has 0 saturated carbocycles. The first-order valence-electron chi connectivity index (χ1n) is 11.5. The molecule has 11 nitrogen and oxygen atoms in total. The molecule has 4 heterocycles. The van der Waals surface area contributed by atoms with Crippen molar-refractivity contribution in [2.45, 2.75) is 20.8 Å². The monoisotopic (exact) mass is 475 g/mol. The molecule has 0 radical (unpaired) electrons. The topological polar surface area (TPSA) is 135 Å². The highest BCUT2D eigenvalue weighted by molar-refractivity contribution is 5.73. The average molecular weight is 476 g/mol. The van der Waals surface area contributed by atoms with Crippen molar-refractivity contribution >= 4 is 29.2 Å². The maximum atomic E-state index is 11.5. The molecule has 11 heteroatoms. The molecule has 0 spiro atoms. The predicted octanol–water partition coefficient (Wildman–Crippen LogP) is 2.59. The van der Waals surface area contributed by atoms with Crippen molar-refractivity contribution in [3.05, 3.63) is 47.3 Å². The van der Waals surface area contributed by atoms with E-state index in [-0.39, 0.29) is 5.91 Å². The van der Waals surface area contributed by atoms with E-state index in [9.17, 15) is 10.1 Å². The third kappa shape index (κ3) is 5.97. The first-order chi connectivity index (χ1) is 16.9. The number of H-pyrrole nitrogens is 1. The number of piperazine rings is 1. The first-order valence-corrected chi connectivity index (χ1v) is 11.5. The Kier molecular flexibility index (Phi) is 7.30. The number of hydrogen-bond acceptors (Lipinski definition) is 9. The molecular weight excluding hydrogens is 446 g/mol. The minimum absolute atomic E-state index is 0.109. The SMILES string of the molecule is CC(=O)N1CCN(c2ccc(OCCNc3nc(Nc4cc(C)[nH]n4)cc(C)c3C#N)cn2)CC1. The fourth-order valence-corrected chi connectivity index (χ4v) is 3.85. The van der Waals surface area contributed by atoms with Crippen LogP contribution in [0.3, 0.4) is 0 Å². The molecule has 0 bridgehead atoms. The summed E-state index contributed by atoms with van der Waals surface area (Å²) in [5, 5.41) is 22.9. The third-order valence-electron chi connectivity index (χ3n) is 5.72. The number of rotatable bonds is 8.